The highest BCUT2D eigenvalue weighted by atomic mass is 16.5. The third-order valence-corrected chi connectivity index (χ3v) is 4.27. The summed E-state index contributed by atoms with van der Waals surface area (Å²) < 4.78 is 5.29. The van der Waals surface area contributed by atoms with Gasteiger partial charge in [0, 0.05) is 13.1 Å². The minimum atomic E-state index is -1.32. The third-order valence-electron chi connectivity index (χ3n) is 4.27. The highest BCUT2D eigenvalue weighted by Gasteiger charge is 2.35. The summed E-state index contributed by atoms with van der Waals surface area (Å²) in [6, 6.07) is 18.8. The third kappa shape index (κ3) is 3.44. The summed E-state index contributed by atoms with van der Waals surface area (Å²) in [6.45, 7) is 2.28. The maximum Gasteiger partial charge on any atom is 0.226 e. The molecule has 1 aliphatic heterocycles. The summed E-state index contributed by atoms with van der Waals surface area (Å²) in [4.78, 5) is 14.4. The van der Waals surface area contributed by atoms with Gasteiger partial charge in [-0.3, -0.25) is 4.79 Å². The number of morpholine rings is 1. The van der Waals surface area contributed by atoms with E-state index in [-0.39, 0.29) is 12.3 Å². The van der Waals surface area contributed by atoms with E-state index in [4.69, 9.17) is 4.74 Å². The van der Waals surface area contributed by atoms with E-state index >= 15 is 0 Å². The number of nitrogens with zero attached hydrogens (tertiary/aromatic N) is 1. The first kappa shape index (κ1) is 15.7. The SMILES string of the molecule is O=C(CC(O)(c1ccccc1)c1ccccc1)N1CCOCC1. The molecular weight excluding hydrogens is 290 g/mol. The van der Waals surface area contributed by atoms with Crippen LogP contribution in [0.4, 0.5) is 0 Å². The highest BCUT2D eigenvalue weighted by Crippen LogP contribution is 2.33. The smallest absolute Gasteiger partial charge is 0.226 e. The number of ether oxygens (including phenoxy) is 1. The van der Waals surface area contributed by atoms with Crippen LogP contribution >= 0.6 is 0 Å². The number of aliphatic hydroxyl groups is 1. The number of rotatable bonds is 4. The molecule has 0 bridgehead atoms. The van der Waals surface area contributed by atoms with Gasteiger partial charge in [-0.1, -0.05) is 60.7 Å². The summed E-state index contributed by atoms with van der Waals surface area (Å²) in [6.07, 6.45) is 0.0288. The Kier molecular flexibility index (Phi) is 4.74. The zero-order chi connectivity index (χ0) is 16.1. The van der Waals surface area contributed by atoms with Gasteiger partial charge in [0.05, 0.1) is 19.6 Å². The van der Waals surface area contributed by atoms with Crippen LogP contribution in [-0.4, -0.2) is 42.2 Å². The largest absolute Gasteiger partial charge is 0.380 e. The van der Waals surface area contributed by atoms with Gasteiger partial charge in [-0.25, -0.2) is 0 Å². The average molecular weight is 311 g/mol. The molecule has 1 N–H and O–H groups in total. The fourth-order valence-electron chi connectivity index (χ4n) is 2.94. The van der Waals surface area contributed by atoms with Crippen molar-refractivity contribution in [2.75, 3.05) is 26.3 Å². The van der Waals surface area contributed by atoms with Crippen LogP contribution in [0.3, 0.4) is 0 Å². The van der Waals surface area contributed by atoms with Gasteiger partial charge < -0.3 is 14.7 Å². The quantitative estimate of drug-likeness (QED) is 0.941. The van der Waals surface area contributed by atoms with Gasteiger partial charge in [-0.2, -0.15) is 0 Å². The number of carbonyl (C=O) groups is 1. The first-order chi connectivity index (χ1) is 11.2. The molecule has 0 spiro atoms. The molecule has 0 aliphatic carbocycles. The van der Waals surface area contributed by atoms with Crippen LogP contribution in [0.2, 0.25) is 0 Å². The maximum atomic E-state index is 12.7. The van der Waals surface area contributed by atoms with Crippen molar-refractivity contribution >= 4 is 5.91 Å². The number of benzene rings is 2. The van der Waals surface area contributed by atoms with E-state index in [0.717, 1.165) is 11.1 Å². The van der Waals surface area contributed by atoms with E-state index in [0.29, 0.717) is 26.3 Å². The Labute approximate surface area is 136 Å². The van der Waals surface area contributed by atoms with Crippen LogP contribution in [0.1, 0.15) is 17.5 Å². The van der Waals surface area contributed by atoms with Crippen molar-refractivity contribution < 1.29 is 14.6 Å². The van der Waals surface area contributed by atoms with E-state index in [9.17, 15) is 9.90 Å². The molecule has 0 radical (unpaired) electrons. The minimum absolute atomic E-state index is 0.0288. The van der Waals surface area contributed by atoms with E-state index in [1.165, 1.54) is 0 Å². The molecule has 23 heavy (non-hydrogen) atoms. The molecule has 2 aromatic rings. The predicted octanol–water partition coefficient (Wildman–Crippen LogP) is 2.17. The number of carbonyl (C=O) groups excluding carboxylic acids is 1. The lowest BCUT2D eigenvalue weighted by Gasteiger charge is -2.33. The fraction of sp³-hybridized carbons (Fsp3) is 0.316. The summed E-state index contributed by atoms with van der Waals surface area (Å²) in [7, 11) is 0. The monoisotopic (exact) mass is 311 g/mol. The lowest BCUT2D eigenvalue weighted by atomic mass is 9.83. The fourth-order valence-corrected chi connectivity index (χ4v) is 2.94. The van der Waals surface area contributed by atoms with Gasteiger partial charge in [0.25, 0.3) is 0 Å². The molecule has 1 aliphatic rings. The number of hydrogen-bond acceptors (Lipinski definition) is 3. The van der Waals surface area contributed by atoms with Crippen LogP contribution in [0.5, 0.6) is 0 Å². The van der Waals surface area contributed by atoms with Crippen LogP contribution in [0.25, 0.3) is 0 Å². The number of hydrogen-bond donors (Lipinski definition) is 1. The van der Waals surface area contributed by atoms with E-state index in [2.05, 4.69) is 0 Å². The van der Waals surface area contributed by atoms with Crippen molar-refractivity contribution in [1.82, 2.24) is 4.90 Å². The van der Waals surface area contributed by atoms with Crippen molar-refractivity contribution in [3.8, 4) is 0 Å². The molecule has 1 saturated heterocycles. The molecule has 3 rings (SSSR count). The maximum absolute atomic E-state index is 12.7. The molecule has 0 unspecified atom stereocenters. The Balaban J connectivity index is 1.91. The topological polar surface area (TPSA) is 49.8 Å². The van der Waals surface area contributed by atoms with Gasteiger partial charge >= 0.3 is 0 Å². The lowest BCUT2D eigenvalue weighted by Crippen LogP contribution is -2.44. The Bertz CT molecular complexity index is 597. The molecule has 0 aromatic heterocycles. The Morgan fingerprint density at radius 1 is 0.957 bits per heavy atom. The van der Waals surface area contributed by atoms with Gasteiger partial charge in [0.2, 0.25) is 5.91 Å². The molecule has 4 heteroatoms. The molecule has 1 heterocycles. The summed E-state index contributed by atoms with van der Waals surface area (Å²) in [5.74, 6) is -0.0523. The van der Waals surface area contributed by atoms with E-state index < -0.39 is 5.60 Å². The van der Waals surface area contributed by atoms with E-state index in [1.54, 1.807) is 4.90 Å². The van der Waals surface area contributed by atoms with Gasteiger partial charge in [0.1, 0.15) is 5.60 Å². The van der Waals surface area contributed by atoms with Gasteiger partial charge in [-0.15, -0.1) is 0 Å². The van der Waals surface area contributed by atoms with Crippen LogP contribution in [0, 0.1) is 0 Å². The van der Waals surface area contributed by atoms with Crippen molar-refractivity contribution in [2.24, 2.45) is 0 Å². The summed E-state index contributed by atoms with van der Waals surface area (Å²) in [5, 5.41) is 11.4. The molecule has 1 fully saturated rings. The molecular formula is C19H21NO3. The minimum Gasteiger partial charge on any atom is -0.380 e. The van der Waals surface area contributed by atoms with Crippen LogP contribution in [-0.2, 0) is 15.1 Å². The Morgan fingerprint density at radius 2 is 1.43 bits per heavy atom. The molecule has 2 aromatic carbocycles. The first-order valence-electron chi connectivity index (χ1n) is 7.89. The van der Waals surface area contributed by atoms with Crippen molar-refractivity contribution in [2.45, 2.75) is 12.0 Å². The standard InChI is InChI=1S/C19H21NO3/c21-18(20-11-13-23-14-12-20)15-19(22,16-7-3-1-4-8-16)17-9-5-2-6-10-17/h1-10,22H,11-15H2. The first-order valence-corrected chi connectivity index (χ1v) is 7.89. The second-order valence-corrected chi connectivity index (χ2v) is 5.76. The Hall–Kier alpha value is -2.17. The van der Waals surface area contributed by atoms with Crippen molar-refractivity contribution in [1.29, 1.82) is 0 Å². The van der Waals surface area contributed by atoms with Crippen LogP contribution in [0.15, 0.2) is 60.7 Å². The molecule has 1 amide bonds. The average Bonchev–Trinajstić information content (AvgIpc) is 2.64. The second-order valence-electron chi connectivity index (χ2n) is 5.76. The van der Waals surface area contributed by atoms with E-state index in [1.807, 2.05) is 60.7 Å². The second kappa shape index (κ2) is 6.94. The zero-order valence-electron chi connectivity index (χ0n) is 13.0. The molecule has 0 saturated carbocycles. The van der Waals surface area contributed by atoms with Gasteiger partial charge in [-0.05, 0) is 11.1 Å². The van der Waals surface area contributed by atoms with Crippen LogP contribution < -0.4 is 0 Å². The molecule has 4 nitrogen and oxygen atoms in total. The predicted molar refractivity (Wildman–Crippen MR) is 87.9 cm³/mol. The molecule has 120 valence electrons. The number of amides is 1. The molecule has 0 atom stereocenters. The normalized spacial score (nSPS) is 15.4. The lowest BCUT2D eigenvalue weighted by molar-refractivity contribution is -0.139. The highest BCUT2D eigenvalue weighted by molar-refractivity contribution is 5.78. The van der Waals surface area contributed by atoms with Crippen molar-refractivity contribution in [3.05, 3.63) is 71.8 Å². The van der Waals surface area contributed by atoms with Gasteiger partial charge in [0.15, 0.2) is 0 Å². The zero-order valence-corrected chi connectivity index (χ0v) is 13.0. The summed E-state index contributed by atoms with van der Waals surface area (Å²) in [5.41, 5.74) is 0.137. The van der Waals surface area contributed by atoms with Crippen molar-refractivity contribution in [3.63, 3.8) is 0 Å². The summed E-state index contributed by atoms with van der Waals surface area (Å²) >= 11 is 0. The Morgan fingerprint density at radius 3 is 1.91 bits per heavy atom.